The minimum Gasteiger partial charge on any atom is -0.480 e. The molecule has 0 aromatic rings. The number of rotatable bonds is 7. The summed E-state index contributed by atoms with van der Waals surface area (Å²) in [6.45, 7) is 6.55. The molecule has 2 N–H and O–H groups in total. The summed E-state index contributed by atoms with van der Waals surface area (Å²) in [4.78, 5) is 23.8. The molecule has 0 heterocycles. The van der Waals surface area contributed by atoms with Crippen LogP contribution in [0.5, 0.6) is 0 Å². The number of hydrogen-bond donors (Lipinski definition) is 2. The predicted molar refractivity (Wildman–Crippen MR) is 76.4 cm³/mol. The normalized spacial score (nSPS) is 12.3. The Kier molecular flexibility index (Phi) is 6.46. The van der Waals surface area contributed by atoms with E-state index in [1.807, 2.05) is 13.8 Å². The maximum atomic E-state index is 11.9. The first-order valence-corrected chi connectivity index (χ1v) is 8.20. The standard InChI is InChI=1S/C12H24N2O5S/c1-9(2)6-14(7-10(15)16)11(17)13-8-12(3,4)20(5,18)19/h9H,6-8H2,1-5H3,(H,13,17)(H,15,16). The lowest BCUT2D eigenvalue weighted by Gasteiger charge is -2.27. The molecule has 0 atom stereocenters. The van der Waals surface area contributed by atoms with Crippen molar-refractivity contribution in [3.05, 3.63) is 0 Å². The quantitative estimate of drug-likeness (QED) is 0.715. The molecule has 8 heteroatoms. The fourth-order valence-electron chi connectivity index (χ4n) is 1.35. The van der Waals surface area contributed by atoms with Gasteiger partial charge >= 0.3 is 12.0 Å². The van der Waals surface area contributed by atoms with Gasteiger partial charge in [0.1, 0.15) is 6.54 Å². The summed E-state index contributed by atoms with van der Waals surface area (Å²) in [5.41, 5.74) is 0. The van der Waals surface area contributed by atoms with Crippen LogP contribution in [0.3, 0.4) is 0 Å². The first-order chi connectivity index (χ1) is 8.86. The zero-order valence-corrected chi connectivity index (χ0v) is 13.5. The van der Waals surface area contributed by atoms with Crippen molar-refractivity contribution in [1.82, 2.24) is 10.2 Å². The topological polar surface area (TPSA) is 104 Å². The van der Waals surface area contributed by atoms with E-state index in [1.165, 1.54) is 13.8 Å². The Labute approximate surface area is 120 Å². The van der Waals surface area contributed by atoms with Crippen LogP contribution >= 0.6 is 0 Å². The molecule has 0 saturated heterocycles. The third kappa shape index (κ3) is 6.23. The Morgan fingerprint density at radius 3 is 2.15 bits per heavy atom. The number of nitrogens with zero attached hydrogens (tertiary/aromatic N) is 1. The molecule has 0 aromatic carbocycles. The molecule has 0 radical (unpaired) electrons. The van der Waals surface area contributed by atoms with Crippen LogP contribution in [0.2, 0.25) is 0 Å². The van der Waals surface area contributed by atoms with Gasteiger partial charge in [-0.2, -0.15) is 0 Å². The summed E-state index contributed by atoms with van der Waals surface area (Å²) < 4.78 is 22.0. The lowest BCUT2D eigenvalue weighted by atomic mass is 10.2. The maximum absolute atomic E-state index is 11.9. The van der Waals surface area contributed by atoms with Gasteiger partial charge in [0.05, 0.1) is 4.75 Å². The smallest absolute Gasteiger partial charge is 0.323 e. The number of urea groups is 1. The van der Waals surface area contributed by atoms with Gasteiger partial charge in [-0.25, -0.2) is 13.2 Å². The summed E-state index contributed by atoms with van der Waals surface area (Å²) >= 11 is 0. The Hall–Kier alpha value is -1.31. The number of carbonyl (C=O) groups excluding carboxylic acids is 1. The Morgan fingerprint density at radius 1 is 1.30 bits per heavy atom. The molecule has 2 amide bonds. The molecule has 7 nitrogen and oxygen atoms in total. The van der Waals surface area contributed by atoms with E-state index in [1.54, 1.807) is 0 Å². The van der Waals surface area contributed by atoms with Gasteiger partial charge in [0, 0.05) is 19.3 Å². The minimum absolute atomic E-state index is 0.0706. The number of aliphatic carboxylic acids is 1. The molecule has 0 aliphatic carbocycles. The van der Waals surface area contributed by atoms with Gasteiger partial charge in [-0.15, -0.1) is 0 Å². The van der Waals surface area contributed by atoms with Gasteiger partial charge in [-0.1, -0.05) is 13.8 Å². The van der Waals surface area contributed by atoms with E-state index in [-0.39, 0.29) is 19.0 Å². The van der Waals surface area contributed by atoms with Crippen LogP contribution in [0.1, 0.15) is 27.7 Å². The average molecular weight is 308 g/mol. The van der Waals surface area contributed by atoms with E-state index in [2.05, 4.69) is 5.32 Å². The van der Waals surface area contributed by atoms with E-state index in [0.29, 0.717) is 0 Å². The van der Waals surface area contributed by atoms with Gasteiger partial charge < -0.3 is 15.3 Å². The van der Waals surface area contributed by atoms with Crippen LogP contribution < -0.4 is 5.32 Å². The highest BCUT2D eigenvalue weighted by Crippen LogP contribution is 2.13. The zero-order chi connectivity index (χ0) is 16.1. The maximum Gasteiger partial charge on any atom is 0.323 e. The van der Waals surface area contributed by atoms with Crippen molar-refractivity contribution in [2.45, 2.75) is 32.4 Å². The second kappa shape index (κ2) is 6.92. The number of carboxylic acid groups (broad SMARTS) is 1. The Morgan fingerprint density at radius 2 is 1.80 bits per heavy atom. The summed E-state index contributed by atoms with van der Waals surface area (Å²) in [5, 5.41) is 11.3. The fourth-order valence-corrected chi connectivity index (χ4v) is 1.69. The highest BCUT2D eigenvalue weighted by molar-refractivity contribution is 7.92. The number of nitrogens with one attached hydrogen (secondary N) is 1. The van der Waals surface area contributed by atoms with Crippen molar-refractivity contribution in [3.63, 3.8) is 0 Å². The van der Waals surface area contributed by atoms with Crippen molar-refractivity contribution < 1.29 is 23.1 Å². The van der Waals surface area contributed by atoms with Crippen LogP contribution in [0.15, 0.2) is 0 Å². The minimum atomic E-state index is -3.32. The first-order valence-electron chi connectivity index (χ1n) is 6.31. The predicted octanol–water partition coefficient (Wildman–Crippen LogP) is 0.562. The number of carbonyl (C=O) groups is 2. The van der Waals surface area contributed by atoms with Crippen molar-refractivity contribution in [3.8, 4) is 0 Å². The molecule has 0 bridgehead atoms. The molecule has 0 rings (SSSR count). The van der Waals surface area contributed by atoms with Crippen LogP contribution in [-0.2, 0) is 14.6 Å². The highest BCUT2D eigenvalue weighted by atomic mass is 32.2. The van der Waals surface area contributed by atoms with Crippen molar-refractivity contribution >= 4 is 21.8 Å². The van der Waals surface area contributed by atoms with Crippen molar-refractivity contribution in [2.24, 2.45) is 5.92 Å². The Bertz CT molecular complexity index is 456. The van der Waals surface area contributed by atoms with Crippen LogP contribution in [0.4, 0.5) is 4.79 Å². The fraction of sp³-hybridized carbons (Fsp3) is 0.833. The number of hydrogen-bond acceptors (Lipinski definition) is 4. The van der Waals surface area contributed by atoms with Gasteiger partial charge in [0.2, 0.25) is 0 Å². The van der Waals surface area contributed by atoms with E-state index >= 15 is 0 Å². The number of sulfone groups is 1. The van der Waals surface area contributed by atoms with E-state index in [9.17, 15) is 18.0 Å². The van der Waals surface area contributed by atoms with Gasteiger partial charge in [-0.3, -0.25) is 4.79 Å². The third-order valence-corrected chi connectivity index (χ3v) is 5.02. The molecule has 20 heavy (non-hydrogen) atoms. The molecule has 0 fully saturated rings. The molecule has 0 aliphatic rings. The second-order valence-electron chi connectivity index (χ2n) is 5.86. The van der Waals surface area contributed by atoms with Crippen molar-refractivity contribution in [2.75, 3.05) is 25.9 Å². The van der Waals surface area contributed by atoms with Gasteiger partial charge in [0.15, 0.2) is 9.84 Å². The number of carboxylic acids is 1. The van der Waals surface area contributed by atoms with E-state index in [4.69, 9.17) is 5.11 Å². The highest BCUT2D eigenvalue weighted by Gasteiger charge is 2.31. The monoisotopic (exact) mass is 308 g/mol. The van der Waals surface area contributed by atoms with E-state index in [0.717, 1.165) is 11.2 Å². The molecular formula is C12H24N2O5S. The van der Waals surface area contributed by atoms with Gasteiger partial charge in [0.25, 0.3) is 0 Å². The first kappa shape index (κ1) is 18.7. The molecule has 0 unspecified atom stereocenters. The summed E-state index contributed by atoms with van der Waals surface area (Å²) in [6, 6.07) is -0.571. The molecule has 0 spiro atoms. The molecule has 0 aliphatic heterocycles. The van der Waals surface area contributed by atoms with Crippen LogP contribution in [0.25, 0.3) is 0 Å². The average Bonchev–Trinajstić information content (AvgIpc) is 2.22. The summed E-state index contributed by atoms with van der Waals surface area (Å²) in [7, 11) is -3.32. The van der Waals surface area contributed by atoms with Crippen LogP contribution in [-0.4, -0.2) is 61.1 Å². The summed E-state index contributed by atoms with van der Waals surface area (Å²) in [5.74, 6) is -0.994. The lowest BCUT2D eigenvalue weighted by molar-refractivity contribution is -0.137. The largest absolute Gasteiger partial charge is 0.480 e. The lowest BCUT2D eigenvalue weighted by Crippen LogP contribution is -2.50. The molecule has 118 valence electrons. The molecule has 0 saturated carbocycles. The van der Waals surface area contributed by atoms with E-state index < -0.39 is 33.1 Å². The third-order valence-electron chi connectivity index (χ3n) is 2.87. The molecule has 0 aromatic heterocycles. The SMILES string of the molecule is CC(C)CN(CC(=O)O)C(=O)NCC(C)(C)S(C)(=O)=O. The van der Waals surface area contributed by atoms with Crippen LogP contribution in [0, 0.1) is 5.92 Å². The number of amides is 2. The van der Waals surface area contributed by atoms with Crippen molar-refractivity contribution in [1.29, 1.82) is 0 Å². The second-order valence-corrected chi connectivity index (χ2v) is 8.51. The Balaban J connectivity index is 4.73. The summed E-state index contributed by atoms with van der Waals surface area (Å²) in [6.07, 6.45) is 1.10. The van der Waals surface area contributed by atoms with Gasteiger partial charge in [-0.05, 0) is 19.8 Å². The molecular weight excluding hydrogens is 284 g/mol. The zero-order valence-electron chi connectivity index (χ0n) is 12.6.